The Morgan fingerprint density at radius 3 is 2.75 bits per heavy atom. The molecule has 152 valence electrons. The smallest absolute Gasteiger partial charge is 0.392 e. The molecule has 4 nitrogen and oxygen atoms in total. The first-order valence-electron chi connectivity index (χ1n) is 9.42. The molecule has 28 heavy (non-hydrogen) atoms. The number of thiocarbonyl (C=S) groups is 1. The van der Waals surface area contributed by atoms with Gasteiger partial charge in [0.05, 0.1) is 22.1 Å². The predicted octanol–water partition coefficient (Wildman–Crippen LogP) is 4.11. The predicted molar refractivity (Wildman–Crippen MR) is 107 cm³/mol. The third kappa shape index (κ3) is 3.87. The Morgan fingerprint density at radius 2 is 2.14 bits per heavy atom. The molecule has 1 unspecified atom stereocenters. The van der Waals surface area contributed by atoms with Crippen LogP contribution in [-0.4, -0.2) is 21.9 Å². The van der Waals surface area contributed by atoms with Crippen LogP contribution in [0.3, 0.4) is 0 Å². The number of nitrogens with two attached hydrogens (primary N) is 1. The van der Waals surface area contributed by atoms with Gasteiger partial charge in [-0.25, -0.2) is 0 Å². The number of carbonyl (C=O) groups is 1. The summed E-state index contributed by atoms with van der Waals surface area (Å²) in [5.41, 5.74) is 6.79. The van der Waals surface area contributed by atoms with E-state index < -0.39 is 11.7 Å². The minimum absolute atomic E-state index is 0.0988. The van der Waals surface area contributed by atoms with Gasteiger partial charge in [0.15, 0.2) is 0 Å². The number of halogens is 3. The van der Waals surface area contributed by atoms with Gasteiger partial charge in [-0.3, -0.25) is 4.79 Å². The van der Waals surface area contributed by atoms with E-state index in [1.165, 1.54) is 6.07 Å². The quantitative estimate of drug-likeness (QED) is 0.649. The lowest BCUT2D eigenvalue weighted by molar-refractivity contribution is -0.136. The highest BCUT2D eigenvalue weighted by atomic mass is 32.1. The van der Waals surface area contributed by atoms with E-state index in [-0.39, 0.29) is 34.3 Å². The maximum Gasteiger partial charge on any atom is 0.418 e. The third-order valence-corrected chi connectivity index (χ3v) is 5.97. The van der Waals surface area contributed by atoms with Crippen LogP contribution < -0.4 is 11.1 Å². The average molecular weight is 411 g/mol. The van der Waals surface area contributed by atoms with Gasteiger partial charge in [-0.15, -0.1) is 0 Å². The van der Waals surface area contributed by atoms with E-state index in [1.54, 1.807) is 6.07 Å². The van der Waals surface area contributed by atoms with Crippen LogP contribution in [0.1, 0.15) is 43.5 Å². The van der Waals surface area contributed by atoms with E-state index in [9.17, 15) is 18.0 Å². The van der Waals surface area contributed by atoms with Crippen LogP contribution in [0.4, 0.5) is 13.2 Å². The number of H-pyrrole nitrogens is 1. The highest BCUT2D eigenvalue weighted by molar-refractivity contribution is 7.80. The van der Waals surface area contributed by atoms with Crippen molar-refractivity contribution < 1.29 is 18.0 Å². The lowest BCUT2D eigenvalue weighted by atomic mass is 9.85. The zero-order valence-electron chi connectivity index (χ0n) is 15.8. The van der Waals surface area contributed by atoms with Crippen molar-refractivity contribution in [1.82, 2.24) is 10.3 Å². The zero-order valence-corrected chi connectivity index (χ0v) is 16.6. The van der Waals surface area contributed by atoms with E-state index in [4.69, 9.17) is 18.0 Å². The van der Waals surface area contributed by atoms with Crippen molar-refractivity contribution in [3.63, 3.8) is 0 Å². The van der Waals surface area contributed by atoms with Crippen molar-refractivity contribution >= 4 is 34.0 Å². The molecule has 0 spiro atoms. The van der Waals surface area contributed by atoms with Crippen LogP contribution in [-0.2, 0) is 23.8 Å². The van der Waals surface area contributed by atoms with Crippen molar-refractivity contribution in [2.24, 2.45) is 17.6 Å². The Bertz CT molecular complexity index is 906. The summed E-state index contributed by atoms with van der Waals surface area (Å²) >= 11 is 5.09. The molecular weight excluding hydrogens is 387 g/mol. The fourth-order valence-corrected chi connectivity index (χ4v) is 4.19. The minimum atomic E-state index is -4.43. The molecule has 3 atom stereocenters. The summed E-state index contributed by atoms with van der Waals surface area (Å²) in [6.07, 6.45) is -2.12. The van der Waals surface area contributed by atoms with Crippen LogP contribution >= 0.6 is 12.2 Å². The van der Waals surface area contributed by atoms with Crippen LogP contribution in [0.15, 0.2) is 18.2 Å². The Kier molecular flexibility index (Phi) is 5.70. The maximum atomic E-state index is 13.3. The topological polar surface area (TPSA) is 70.9 Å². The number of hydrogen-bond acceptors (Lipinski definition) is 2. The van der Waals surface area contributed by atoms with Gasteiger partial charge in [0.1, 0.15) is 0 Å². The van der Waals surface area contributed by atoms with Crippen LogP contribution in [0, 0.1) is 11.8 Å². The Hall–Kier alpha value is -2.09. The second-order valence-corrected chi connectivity index (χ2v) is 7.99. The lowest BCUT2D eigenvalue weighted by Gasteiger charge is -2.27. The first kappa shape index (κ1) is 20.6. The Morgan fingerprint density at radius 1 is 1.43 bits per heavy atom. The number of alkyl halides is 3. The number of amides is 1. The molecule has 0 radical (unpaired) electrons. The highest BCUT2D eigenvalue weighted by Crippen LogP contribution is 2.39. The van der Waals surface area contributed by atoms with Crippen molar-refractivity contribution in [3.8, 4) is 0 Å². The van der Waals surface area contributed by atoms with E-state index in [0.717, 1.165) is 23.7 Å². The number of aryl methyl sites for hydroxylation is 1. The number of fused-ring (bicyclic) bond motifs is 3. The average Bonchev–Trinajstić information content (AvgIpc) is 3.01. The largest absolute Gasteiger partial charge is 0.418 e. The molecule has 2 aromatic rings. The SMILES string of the molecule is CC[C@H](C)[C@H](NC(=O)C1CCc2[nH]c3c(C(F)(F)F)cccc3c2C1)C(N)=S. The number of aromatic amines is 1. The van der Waals surface area contributed by atoms with Crippen LogP contribution in [0.5, 0.6) is 0 Å². The van der Waals surface area contributed by atoms with Gasteiger partial charge in [-0.05, 0) is 36.8 Å². The molecule has 4 N–H and O–H groups in total. The molecule has 1 aromatic carbocycles. The summed E-state index contributed by atoms with van der Waals surface area (Å²) in [6.45, 7) is 3.97. The van der Waals surface area contributed by atoms with Crippen molar-refractivity contribution in [1.29, 1.82) is 0 Å². The first-order chi connectivity index (χ1) is 13.1. The van der Waals surface area contributed by atoms with Gasteiger partial charge in [0, 0.05) is 17.0 Å². The molecule has 0 bridgehead atoms. The number of hydrogen-bond donors (Lipinski definition) is 3. The minimum Gasteiger partial charge on any atom is -0.392 e. The normalized spacial score (nSPS) is 19.1. The second kappa shape index (κ2) is 7.73. The van der Waals surface area contributed by atoms with E-state index in [1.807, 2.05) is 13.8 Å². The molecule has 0 fully saturated rings. The molecular formula is C20H24F3N3OS. The van der Waals surface area contributed by atoms with E-state index in [0.29, 0.717) is 24.6 Å². The summed E-state index contributed by atoms with van der Waals surface area (Å²) in [5.74, 6) is -0.352. The number of aromatic nitrogens is 1. The molecule has 0 saturated carbocycles. The Labute approximate surface area is 167 Å². The number of benzene rings is 1. The van der Waals surface area contributed by atoms with Crippen molar-refractivity contribution in [2.45, 2.75) is 51.7 Å². The van der Waals surface area contributed by atoms with Crippen LogP contribution in [0.2, 0.25) is 0 Å². The Balaban J connectivity index is 1.86. The molecule has 0 aliphatic heterocycles. The standard InChI is InChI=1S/C20H24F3N3OS/c1-3-10(2)16(18(24)28)26-19(27)11-7-8-15-13(9-11)12-5-4-6-14(17(12)25-15)20(21,22)23/h4-6,10-11,16,25H,3,7-9H2,1-2H3,(H2,24,28)(H,26,27)/t10-,11?,16-/m0/s1. The van der Waals surface area contributed by atoms with Gasteiger partial charge in [-0.2, -0.15) is 13.2 Å². The summed E-state index contributed by atoms with van der Waals surface area (Å²) in [7, 11) is 0. The summed E-state index contributed by atoms with van der Waals surface area (Å²) < 4.78 is 39.9. The van der Waals surface area contributed by atoms with Gasteiger partial charge in [0.2, 0.25) is 5.91 Å². The number of nitrogens with one attached hydrogen (secondary N) is 2. The number of rotatable bonds is 5. The van der Waals surface area contributed by atoms with Gasteiger partial charge in [-0.1, -0.05) is 44.6 Å². The first-order valence-corrected chi connectivity index (χ1v) is 9.83. The van der Waals surface area contributed by atoms with Crippen molar-refractivity contribution in [2.75, 3.05) is 0 Å². The molecule has 1 aliphatic carbocycles. The van der Waals surface area contributed by atoms with Gasteiger partial charge < -0.3 is 16.0 Å². The van der Waals surface area contributed by atoms with Crippen LogP contribution in [0.25, 0.3) is 10.9 Å². The summed E-state index contributed by atoms with van der Waals surface area (Å²) in [5, 5.41) is 3.49. The fraction of sp³-hybridized carbons (Fsp3) is 0.500. The van der Waals surface area contributed by atoms with Gasteiger partial charge >= 0.3 is 6.18 Å². The lowest BCUT2D eigenvalue weighted by Crippen LogP contribution is -2.49. The highest BCUT2D eigenvalue weighted by Gasteiger charge is 2.35. The van der Waals surface area contributed by atoms with Gasteiger partial charge in [0.25, 0.3) is 0 Å². The second-order valence-electron chi connectivity index (χ2n) is 7.52. The third-order valence-electron chi connectivity index (χ3n) is 5.72. The molecule has 0 saturated heterocycles. The molecule has 1 amide bonds. The molecule has 3 rings (SSSR count). The summed E-state index contributed by atoms with van der Waals surface area (Å²) in [6, 6.07) is 3.79. The number of para-hydroxylation sites is 1. The van der Waals surface area contributed by atoms with E-state index in [2.05, 4.69) is 10.3 Å². The molecule has 1 heterocycles. The molecule has 1 aliphatic rings. The summed E-state index contributed by atoms with van der Waals surface area (Å²) in [4.78, 5) is 16.0. The number of carbonyl (C=O) groups excluding carboxylic acids is 1. The fourth-order valence-electron chi connectivity index (χ4n) is 3.90. The van der Waals surface area contributed by atoms with Crippen molar-refractivity contribution in [3.05, 3.63) is 35.0 Å². The zero-order chi connectivity index (χ0) is 20.6. The molecule has 8 heteroatoms. The molecule has 1 aromatic heterocycles. The maximum absolute atomic E-state index is 13.3. The van der Waals surface area contributed by atoms with E-state index >= 15 is 0 Å². The monoisotopic (exact) mass is 411 g/mol.